The molecule has 3 amide bonds. The third-order valence-electron chi connectivity index (χ3n) is 5.33. The molecule has 0 bridgehead atoms. The van der Waals surface area contributed by atoms with Crippen LogP contribution in [0.1, 0.15) is 16.7 Å². The van der Waals surface area contributed by atoms with Gasteiger partial charge in [-0.1, -0.05) is 35.9 Å². The van der Waals surface area contributed by atoms with Gasteiger partial charge >= 0.3 is 12.2 Å². The number of alkyl halides is 3. The minimum absolute atomic E-state index is 0.00568. The second kappa shape index (κ2) is 11.5. The number of amides is 3. The molecular weight excluding hydrogens is 473 g/mol. The molecule has 0 atom stereocenters. The average molecular weight is 499 g/mol. The number of rotatable bonds is 7. The Morgan fingerprint density at radius 2 is 1.76 bits per heavy atom. The number of hydrogen-bond donors (Lipinski definition) is 2. The fourth-order valence-corrected chi connectivity index (χ4v) is 3.84. The van der Waals surface area contributed by atoms with Crippen molar-refractivity contribution in [3.8, 4) is 0 Å². The van der Waals surface area contributed by atoms with Gasteiger partial charge < -0.3 is 20.3 Å². The smallest absolute Gasteiger partial charge is 0.380 e. The summed E-state index contributed by atoms with van der Waals surface area (Å²) < 4.78 is 44.1. The van der Waals surface area contributed by atoms with Gasteiger partial charge in [-0.05, 0) is 29.3 Å². The molecule has 34 heavy (non-hydrogen) atoms. The summed E-state index contributed by atoms with van der Waals surface area (Å²) in [4.78, 5) is 28.3. The minimum atomic E-state index is -4.61. The van der Waals surface area contributed by atoms with E-state index in [2.05, 4.69) is 10.6 Å². The molecule has 1 saturated heterocycles. The topological polar surface area (TPSA) is 73.9 Å². The molecule has 1 heterocycles. The molecule has 1 aliphatic heterocycles. The Morgan fingerprint density at radius 1 is 1.06 bits per heavy atom. The Morgan fingerprint density at radius 3 is 2.44 bits per heavy atom. The highest BCUT2D eigenvalue weighted by Crippen LogP contribution is 2.36. The second-order valence-electron chi connectivity index (χ2n) is 7.92. The molecule has 0 aliphatic carbocycles. The van der Waals surface area contributed by atoms with Crippen LogP contribution >= 0.6 is 11.6 Å². The maximum atomic E-state index is 13.0. The van der Waals surface area contributed by atoms with Gasteiger partial charge in [-0.3, -0.25) is 9.69 Å². The van der Waals surface area contributed by atoms with Gasteiger partial charge in [0.05, 0.1) is 23.7 Å². The summed E-state index contributed by atoms with van der Waals surface area (Å²) in [5.41, 5.74) is 1.01. The molecule has 0 saturated carbocycles. The molecule has 1 aliphatic rings. The van der Waals surface area contributed by atoms with E-state index in [4.69, 9.17) is 16.3 Å². The van der Waals surface area contributed by atoms with Crippen molar-refractivity contribution >= 4 is 29.2 Å². The van der Waals surface area contributed by atoms with Crippen LogP contribution in [0.4, 0.5) is 23.7 Å². The van der Waals surface area contributed by atoms with Crippen LogP contribution in [0.2, 0.25) is 5.02 Å². The van der Waals surface area contributed by atoms with E-state index in [9.17, 15) is 22.8 Å². The van der Waals surface area contributed by atoms with Crippen LogP contribution in [-0.2, 0) is 28.9 Å². The first-order valence-electron chi connectivity index (χ1n) is 10.6. The first-order chi connectivity index (χ1) is 16.2. The van der Waals surface area contributed by atoms with Crippen LogP contribution in [0.25, 0.3) is 0 Å². The highest BCUT2D eigenvalue weighted by Gasteiger charge is 2.33. The fraction of sp³-hybridized carbons (Fsp3) is 0.391. The zero-order chi connectivity index (χ0) is 24.7. The molecular formula is C23H26ClF3N4O3. The predicted octanol–water partition coefficient (Wildman–Crippen LogP) is 3.97. The molecule has 0 unspecified atom stereocenters. The molecule has 0 spiro atoms. The van der Waals surface area contributed by atoms with Crippen LogP contribution in [0.5, 0.6) is 0 Å². The van der Waals surface area contributed by atoms with E-state index in [0.717, 1.165) is 23.3 Å². The third-order valence-corrected chi connectivity index (χ3v) is 5.66. The number of nitrogens with zero attached hydrogens (tertiary/aromatic N) is 2. The SMILES string of the molecule is COCc1cccc(CNC(=O)N2CCN(CC(=O)Nc3ccc(Cl)c(C(F)(F)F)c3)CC2)c1. The van der Waals surface area contributed by atoms with E-state index in [1.165, 1.54) is 6.07 Å². The number of carbonyl (C=O) groups is 2. The van der Waals surface area contributed by atoms with Crippen molar-refractivity contribution in [1.82, 2.24) is 15.1 Å². The van der Waals surface area contributed by atoms with Gasteiger partial charge in [0.2, 0.25) is 5.91 Å². The van der Waals surface area contributed by atoms with Crippen LogP contribution < -0.4 is 10.6 Å². The highest BCUT2D eigenvalue weighted by molar-refractivity contribution is 6.31. The maximum Gasteiger partial charge on any atom is 0.417 e. The highest BCUT2D eigenvalue weighted by atomic mass is 35.5. The van der Waals surface area contributed by atoms with E-state index in [1.54, 1.807) is 12.0 Å². The van der Waals surface area contributed by atoms with E-state index < -0.39 is 22.7 Å². The lowest BCUT2D eigenvalue weighted by Crippen LogP contribution is -2.52. The summed E-state index contributed by atoms with van der Waals surface area (Å²) in [6, 6.07) is 10.8. The van der Waals surface area contributed by atoms with Gasteiger partial charge in [0.15, 0.2) is 0 Å². The summed E-state index contributed by atoms with van der Waals surface area (Å²) in [5, 5.41) is 4.94. The first-order valence-corrected chi connectivity index (χ1v) is 11.0. The molecule has 2 N–H and O–H groups in total. The number of anilines is 1. The molecule has 184 valence electrons. The van der Waals surface area contributed by atoms with Crippen LogP contribution in [0, 0.1) is 0 Å². The van der Waals surface area contributed by atoms with Gasteiger partial charge in [0.25, 0.3) is 0 Å². The summed E-state index contributed by atoms with van der Waals surface area (Å²) in [6.45, 7) is 2.70. The molecule has 7 nitrogen and oxygen atoms in total. The number of nitrogens with one attached hydrogen (secondary N) is 2. The normalized spacial score (nSPS) is 14.7. The molecule has 2 aromatic rings. The van der Waals surface area contributed by atoms with Crippen molar-refractivity contribution in [2.75, 3.05) is 45.2 Å². The number of urea groups is 1. The van der Waals surface area contributed by atoms with Crippen LogP contribution in [0.3, 0.4) is 0 Å². The van der Waals surface area contributed by atoms with Crippen LogP contribution in [-0.4, -0.2) is 61.6 Å². The number of piperazine rings is 1. The number of carbonyl (C=O) groups excluding carboxylic acids is 2. The summed E-state index contributed by atoms with van der Waals surface area (Å²) in [6.07, 6.45) is -4.61. The van der Waals surface area contributed by atoms with Gasteiger partial charge in [-0.2, -0.15) is 13.2 Å². The van der Waals surface area contributed by atoms with E-state index in [1.807, 2.05) is 29.2 Å². The van der Waals surface area contributed by atoms with E-state index in [-0.39, 0.29) is 18.3 Å². The molecule has 3 rings (SSSR count). The zero-order valence-corrected chi connectivity index (χ0v) is 19.4. The molecule has 2 aromatic carbocycles. The van der Waals surface area contributed by atoms with Gasteiger partial charge in [-0.15, -0.1) is 0 Å². The van der Waals surface area contributed by atoms with Crippen molar-refractivity contribution in [2.45, 2.75) is 19.3 Å². The average Bonchev–Trinajstić information content (AvgIpc) is 2.79. The lowest BCUT2D eigenvalue weighted by atomic mass is 10.1. The molecule has 11 heteroatoms. The lowest BCUT2D eigenvalue weighted by molar-refractivity contribution is -0.137. The van der Waals surface area contributed by atoms with Crippen molar-refractivity contribution in [3.63, 3.8) is 0 Å². The number of ether oxygens (including phenoxy) is 1. The van der Waals surface area contributed by atoms with Crippen molar-refractivity contribution in [1.29, 1.82) is 0 Å². The summed E-state index contributed by atoms with van der Waals surface area (Å²) in [5.74, 6) is -0.440. The summed E-state index contributed by atoms with van der Waals surface area (Å²) >= 11 is 5.61. The Kier molecular flexibility index (Phi) is 8.76. The largest absolute Gasteiger partial charge is 0.417 e. The number of halogens is 4. The summed E-state index contributed by atoms with van der Waals surface area (Å²) in [7, 11) is 1.62. The van der Waals surface area contributed by atoms with Crippen molar-refractivity contribution < 1.29 is 27.5 Å². The maximum absolute atomic E-state index is 13.0. The van der Waals surface area contributed by atoms with E-state index >= 15 is 0 Å². The minimum Gasteiger partial charge on any atom is -0.380 e. The Balaban J connectivity index is 1.43. The van der Waals surface area contributed by atoms with Crippen molar-refractivity contribution in [3.05, 3.63) is 64.2 Å². The monoisotopic (exact) mass is 498 g/mol. The van der Waals surface area contributed by atoms with Gasteiger partial charge in [-0.25, -0.2) is 4.79 Å². The Bertz CT molecular complexity index is 1010. The second-order valence-corrected chi connectivity index (χ2v) is 8.32. The fourth-order valence-electron chi connectivity index (χ4n) is 3.62. The predicted molar refractivity (Wildman–Crippen MR) is 122 cm³/mol. The van der Waals surface area contributed by atoms with Crippen LogP contribution in [0.15, 0.2) is 42.5 Å². The van der Waals surface area contributed by atoms with Crippen molar-refractivity contribution in [2.24, 2.45) is 0 Å². The number of methoxy groups -OCH3 is 1. The number of hydrogen-bond acceptors (Lipinski definition) is 4. The Hall–Kier alpha value is -2.82. The van der Waals surface area contributed by atoms with E-state index in [0.29, 0.717) is 39.3 Å². The molecule has 0 radical (unpaired) electrons. The molecule has 1 fully saturated rings. The lowest BCUT2D eigenvalue weighted by Gasteiger charge is -2.34. The molecule has 0 aromatic heterocycles. The quantitative estimate of drug-likeness (QED) is 0.606. The van der Waals surface area contributed by atoms with Gasteiger partial charge in [0.1, 0.15) is 0 Å². The third kappa shape index (κ3) is 7.34. The number of benzene rings is 2. The zero-order valence-electron chi connectivity index (χ0n) is 18.6. The Labute approximate surface area is 200 Å². The first kappa shape index (κ1) is 25.8. The van der Waals surface area contributed by atoms with Gasteiger partial charge in [0, 0.05) is 45.5 Å². The standard InChI is InChI=1S/C23H26ClF3N4O3/c1-34-15-17-4-2-3-16(11-17)13-28-22(33)31-9-7-30(8-10-31)14-21(32)29-18-5-6-20(24)19(12-18)23(25,26)27/h2-6,11-12H,7-10,13-15H2,1H3,(H,28,33)(H,29,32).